The van der Waals surface area contributed by atoms with E-state index in [-0.39, 0.29) is 11.9 Å². The van der Waals surface area contributed by atoms with Gasteiger partial charge in [-0.3, -0.25) is 4.79 Å². The average Bonchev–Trinajstić information content (AvgIpc) is 2.95. The fraction of sp³-hybridized carbons (Fsp3) is 0.400. The van der Waals surface area contributed by atoms with Crippen LogP contribution in [0.4, 0.5) is 0 Å². The number of rotatable bonds is 2. The third-order valence-corrected chi connectivity index (χ3v) is 3.75. The molecule has 1 amide bonds. The van der Waals surface area contributed by atoms with Gasteiger partial charge in [0.1, 0.15) is 5.69 Å². The molecule has 1 aromatic carbocycles. The van der Waals surface area contributed by atoms with Gasteiger partial charge in [0.25, 0.3) is 5.91 Å². The summed E-state index contributed by atoms with van der Waals surface area (Å²) in [5, 5.41) is 4.18. The van der Waals surface area contributed by atoms with Gasteiger partial charge in [-0.15, -0.1) is 0 Å². The molecule has 0 saturated carbocycles. The van der Waals surface area contributed by atoms with Crippen LogP contribution in [0.5, 0.6) is 0 Å². The van der Waals surface area contributed by atoms with Gasteiger partial charge in [-0.05, 0) is 45.1 Å². The molecule has 1 aliphatic heterocycles. The maximum atomic E-state index is 12.2. The van der Waals surface area contributed by atoms with E-state index in [2.05, 4.69) is 35.2 Å². The molecule has 0 aliphatic carbocycles. The number of benzene rings is 1. The van der Waals surface area contributed by atoms with Gasteiger partial charge in [0, 0.05) is 23.5 Å². The number of hydrogen-bond acceptors (Lipinski definition) is 2. The highest BCUT2D eigenvalue weighted by Crippen LogP contribution is 2.17. The van der Waals surface area contributed by atoms with E-state index in [4.69, 9.17) is 0 Å². The first-order valence-electron chi connectivity index (χ1n) is 6.70. The Hall–Kier alpha value is -1.81. The lowest BCUT2D eigenvalue weighted by Gasteiger charge is -2.11. The number of likely N-dealkylation sites (N-methyl/N-ethyl adjacent to an activating group) is 1. The Morgan fingerprint density at radius 1 is 1.42 bits per heavy atom. The molecule has 0 bridgehead atoms. The minimum Gasteiger partial charge on any atom is -0.351 e. The van der Waals surface area contributed by atoms with E-state index in [1.165, 1.54) is 5.56 Å². The minimum absolute atomic E-state index is 0.00541. The summed E-state index contributed by atoms with van der Waals surface area (Å²) in [5.74, 6) is -0.00541. The zero-order valence-electron chi connectivity index (χ0n) is 11.4. The van der Waals surface area contributed by atoms with Crippen LogP contribution in [0.3, 0.4) is 0 Å². The highest BCUT2D eigenvalue weighted by atomic mass is 16.1. The molecule has 4 nitrogen and oxygen atoms in total. The fourth-order valence-corrected chi connectivity index (χ4v) is 2.69. The molecule has 1 saturated heterocycles. The number of nitrogens with one attached hydrogen (secondary N) is 2. The lowest BCUT2D eigenvalue weighted by Crippen LogP contribution is -2.36. The zero-order chi connectivity index (χ0) is 13.4. The number of aromatic nitrogens is 1. The SMILES string of the molecule is Cc1ccc2[nH]c(C(=O)NC3CCN(C)C3)cc2c1. The van der Waals surface area contributed by atoms with Gasteiger partial charge >= 0.3 is 0 Å². The number of nitrogens with zero attached hydrogens (tertiary/aromatic N) is 1. The molecule has 3 rings (SSSR count). The molecule has 2 aromatic rings. The Morgan fingerprint density at radius 3 is 3.00 bits per heavy atom. The molecule has 1 atom stereocenters. The van der Waals surface area contributed by atoms with Crippen molar-refractivity contribution in [3.8, 4) is 0 Å². The third-order valence-electron chi connectivity index (χ3n) is 3.75. The maximum absolute atomic E-state index is 12.2. The second-order valence-corrected chi connectivity index (χ2v) is 5.50. The van der Waals surface area contributed by atoms with Crippen LogP contribution in [-0.2, 0) is 0 Å². The summed E-state index contributed by atoms with van der Waals surface area (Å²) in [6.45, 7) is 4.04. The predicted octanol–water partition coefficient (Wildman–Crippen LogP) is 1.91. The molecule has 19 heavy (non-hydrogen) atoms. The fourth-order valence-electron chi connectivity index (χ4n) is 2.69. The van der Waals surface area contributed by atoms with Crippen molar-refractivity contribution < 1.29 is 4.79 Å². The van der Waals surface area contributed by atoms with E-state index in [9.17, 15) is 4.79 Å². The predicted molar refractivity (Wildman–Crippen MR) is 76.4 cm³/mol. The van der Waals surface area contributed by atoms with Crippen molar-refractivity contribution in [3.63, 3.8) is 0 Å². The molecule has 1 fully saturated rings. The second kappa shape index (κ2) is 4.70. The Kier molecular flexibility index (Phi) is 3.03. The number of aromatic amines is 1. The average molecular weight is 257 g/mol. The van der Waals surface area contributed by atoms with Crippen molar-refractivity contribution in [2.24, 2.45) is 0 Å². The Balaban J connectivity index is 1.78. The second-order valence-electron chi connectivity index (χ2n) is 5.50. The van der Waals surface area contributed by atoms with Crippen molar-refractivity contribution in [1.82, 2.24) is 15.2 Å². The highest BCUT2D eigenvalue weighted by Gasteiger charge is 2.22. The summed E-state index contributed by atoms with van der Waals surface area (Å²) in [7, 11) is 2.08. The van der Waals surface area contributed by atoms with Gasteiger partial charge in [0.15, 0.2) is 0 Å². The number of carbonyl (C=O) groups excluding carboxylic acids is 1. The zero-order valence-corrected chi connectivity index (χ0v) is 11.4. The van der Waals surface area contributed by atoms with Gasteiger partial charge in [-0.1, -0.05) is 11.6 Å². The molecule has 4 heteroatoms. The van der Waals surface area contributed by atoms with E-state index >= 15 is 0 Å². The molecule has 100 valence electrons. The van der Waals surface area contributed by atoms with Gasteiger partial charge in [0.2, 0.25) is 0 Å². The standard InChI is InChI=1S/C15H19N3O/c1-10-3-4-13-11(7-10)8-14(17-13)15(19)16-12-5-6-18(2)9-12/h3-4,7-8,12,17H,5-6,9H2,1-2H3,(H,16,19). The van der Waals surface area contributed by atoms with E-state index in [1.54, 1.807) is 0 Å². The summed E-state index contributed by atoms with van der Waals surface area (Å²) >= 11 is 0. The van der Waals surface area contributed by atoms with Crippen molar-refractivity contribution in [2.75, 3.05) is 20.1 Å². The van der Waals surface area contributed by atoms with Crippen molar-refractivity contribution in [1.29, 1.82) is 0 Å². The van der Waals surface area contributed by atoms with Crippen LogP contribution in [0.15, 0.2) is 24.3 Å². The summed E-state index contributed by atoms with van der Waals surface area (Å²) in [6, 6.07) is 8.35. The van der Waals surface area contributed by atoms with Crippen molar-refractivity contribution in [3.05, 3.63) is 35.5 Å². The van der Waals surface area contributed by atoms with Gasteiger partial charge < -0.3 is 15.2 Å². The van der Waals surface area contributed by atoms with Crippen LogP contribution < -0.4 is 5.32 Å². The normalized spacial score (nSPS) is 20.0. The molecular formula is C15H19N3O. The van der Waals surface area contributed by atoms with Crippen LogP contribution >= 0.6 is 0 Å². The molecule has 0 spiro atoms. The minimum atomic E-state index is -0.00541. The monoisotopic (exact) mass is 257 g/mol. The van der Waals surface area contributed by atoms with E-state index < -0.39 is 0 Å². The molecule has 2 N–H and O–H groups in total. The molecule has 0 radical (unpaired) electrons. The van der Waals surface area contributed by atoms with Gasteiger partial charge in [0.05, 0.1) is 0 Å². The van der Waals surface area contributed by atoms with Crippen LogP contribution in [0.1, 0.15) is 22.5 Å². The Labute approximate surface area is 112 Å². The summed E-state index contributed by atoms with van der Waals surface area (Å²) in [5.41, 5.74) is 2.87. The maximum Gasteiger partial charge on any atom is 0.267 e. The van der Waals surface area contributed by atoms with Gasteiger partial charge in [-0.2, -0.15) is 0 Å². The summed E-state index contributed by atoms with van der Waals surface area (Å²) in [4.78, 5) is 17.6. The molecule has 1 aliphatic rings. The Bertz CT molecular complexity index is 617. The van der Waals surface area contributed by atoms with Crippen molar-refractivity contribution >= 4 is 16.8 Å². The van der Waals surface area contributed by atoms with E-state index in [0.717, 1.165) is 30.4 Å². The molecule has 1 unspecified atom stereocenters. The first kappa shape index (κ1) is 12.2. The number of H-pyrrole nitrogens is 1. The molecule has 1 aromatic heterocycles. The summed E-state index contributed by atoms with van der Waals surface area (Å²) < 4.78 is 0. The number of likely N-dealkylation sites (tertiary alicyclic amines) is 1. The smallest absolute Gasteiger partial charge is 0.267 e. The van der Waals surface area contributed by atoms with E-state index in [0.29, 0.717) is 5.69 Å². The quantitative estimate of drug-likeness (QED) is 0.863. The number of fused-ring (bicyclic) bond motifs is 1. The lowest BCUT2D eigenvalue weighted by molar-refractivity contribution is 0.0934. The van der Waals surface area contributed by atoms with Crippen LogP contribution in [0.25, 0.3) is 10.9 Å². The number of amides is 1. The van der Waals surface area contributed by atoms with Crippen LogP contribution in [0, 0.1) is 6.92 Å². The van der Waals surface area contributed by atoms with E-state index in [1.807, 2.05) is 18.2 Å². The first-order valence-corrected chi connectivity index (χ1v) is 6.70. The first-order chi connectivity index (χ1) is 9.11. The Morgan fingerprint density at radius 2 is 2.26 bits per heavy atom. The molecule has 2 heterocycles. The largest absolute Gasteiger partial charge is 0.351 e. The van der Waals surface area contributed by atoms with Gasteiger partial charge in [-0.25, -0.2) is 0 Å². The van der Waals surface area contributed by atoms with Crippen LogP contribution in [-0.4, -0.2) is 42.0 Å². The number of aryl methyl sites for hydroxylation is 1. The van der Waals surface area contributed by atoms with Crippen molar-refractivity contribution in [2.45, 2.75) is 19.4 Å². The molecular weight excluding hydrogens is 238 g/mol. The summed E-state index contributed by atoms with van der Waals surface area (Å²) in [6.07, 6.45) is 1.03. The topological polar surface area (TPSA) is 48.1 Å². The number of hydrogen-bond donors (Lipinski definition) is 2. The highest BCUT2D eigenvalue weighted by molar-refractivity contribution is 5.98. The lowest BCUT2D eigenvalue weighted by atomic mass is 10.2. The third kappa shape index (κ3) is 2.49. The van der Waals surface area contributed by atoms with Crippen LogP contribution in [0.2, 0.25) is 0 Å². The number of carbonyl (C=O) groups is 1.